The Balaban J connectivity index is 1.72. The molecule has 0 radical (unpaired) electrons. The molecule has 6 nitrogen and oxygen atoms in total. The molecule has 1 N–H and O–H groups in total. The van der Waals surface area contributed by atoms with Crippen molar-refractivity contribution in [3.05, 3.63) is 102 Å². The van der Waals surface area contributed by atoms with Gasteiger partial charge >= 0.3 is 0 Å². The van der Waals surface area contributed by atoms with E-state index in [4.69, 9.17) is 21.7 Å². The zero-order chi connectivity index (χ0) is 23.7. The number of pyridine rings is 1. The number of hydrogen-bond acceptors (Lipinski definition) is 4. The van der Waals surface area contributed by atoms with E-state index in [1.54, 1.807) is 14.2 Å². The Kier molecular flexibility index (Phi) is 5.94. The largest absolute Gasteiger partial charge is 0.497 e. The van der Waals surface area contributed by atoms with E-state index in [2.05, 4.69) is 69.3 Å². The van der Waals surface area contributed by atoms with Gasteiger partial charge in [-0.2, -0.15) is 0 Å². The van der Waals surface area contributed by atoms with E-state index in [1.807, 2.05) is 42.6 Å². The molecule has 7 heteroatoms. The number of aromatic nitrogens is 2. The van der Waals surface area contributed by atoms with Crippen molar-refractivity contribution >= 4 is 23.0 Å². The van der Waals surface area contributed by atoms with Crippen LogP contribution in [0.25, 0.3) is 5.69 Å². The van der Waals surface area contributed by atoms with Crippen molar-refractivity contribution in [2.24, 2.45) is 0 Å². The molecule has 1 aliphatic heterocycles. The van der Waals surface area contributed by atoms with Crippen molar-refractivity contribution in [2.75, 3.05) is 19.1 Å². The summed E-state index contributed by atoms with van der Waals surface area (Å²) in [7, 11) is 3.32. The molecular weight excluding hydrogens is 444 g/mol. The van der Waals surface area contributed by atoms with Gasteiger partial charge in [0.1, 0.15) is 17.5 Å². The summed E-state index contributed by atoms with van der Waals surface area (Å²) in [5.74, 6) is 1.44. The van der Waals surface area contributed by atoms with Crippen LogP contribution >= 0.6 is 12.2 Å². The number of nitrogens with zero attached hydrogens (tertiary/aromatic N) is 3. The number of anilines is 1. The van der Waals surface area contributed by atoms with Crippen molar-refractivity contribution < 1.29 is 9.47 Å². The SMILES string of the molecule is COc1ccc(OC)c(N2C(=S)N[C@@H](c3ccccn3)[C@@H]2c2cccn2-c2ccccc2C)c1. The number of ether oxygens (including phenoxy) is 2. The van der Waals surface area contributed by atoms with Crippen molar-refractivity contribution in [1.82, 2.24) is 14.9 Å². The van der Waals surface area contributed by atoms with E-state index < -0.39 is 0 Å². The molecule has 3 heterocycles. The van der Waals surface area contributed by atoms with E-state index in [0.29, 0.717) is 10.9 Å². The lowest BCUT2D eigenvalue weighted by Crippen LogP contribution is -2.30. The average molecular weight is 471 g/mol. The van der Waals surface area contributed by atoms with Crippen LogP contribution in [0.15, 0.2) is 85.2 Å². The van der Waals surface area contributed by atoms with E-state index >= 15 is 0 Å². The van der Waals surface area contributed by atoms with Crippen molar-refractivity contribution in [3.63, 3.8) is 0 Å². The number of methoxy groups -OCH3 is 2. The Morgan fingerprint density at radius 2 is 1.74 bits per heavy atom. The average Bonchev–Trinajstić information content (AvgIpc) is 3.48. The van der Waals surface area contributed by atoms with Gasteiger partial charge in [-0.1, -0.05) is 24.3 Å². The monoisotopic (exact) mass is 470 g/mol. The predicted octanol–water partition coefficient (Wildman–Crippen LogP) is 5.38. The van der Waals surface area contributed by atoms with E-state index in [-0.39, 0.29) is 12.1 Å². The third-order valence-corrected chi connectivity index (χ3v) is 6.52. The second-order valence-corrected chi connectivity index (χ2v) is 8.51. The fraction of sp³-hybridized carbons (Fsp3) is 0.185. The molecule has 4 aromatic rings. The lowest BCUT2D eigenvalue weighted by molar-refractivity contribution is 0.402. The molecular formula is C27H26N4O2S. The molecule has 2 aromatic carbocycles. The first-order chi connectivity index (χ1) is 16.6. The molecule has 0 aliphatic carbocycles. The standard InChI is InChI=1S/C27H26N4O2S/c1-18-9-4-5-11-21(18)30-16-8-12-22(30)26-25(20-10-6-7-15-28-20)29-27(34)31(26)23-17-19(32-2)13-14-24(23)33-3/h4-17,25-26H,1-3H3,(H,29,34)/t25-,26-/m0/s1. The second-order valence-electron chi connectivity index (χ2n) is 8.12. The summed E-state index contributed by atoms with van der Waals surface area (Å²) in [5.41, 5.74) is 5.14. The number of thiocarbonyl (C=S) groups is 1. The van der Waals surface area contributed by atoms with E-state index in [0.717, 1.165) is 28.5 Å². The lowest BCUT2D eigenvalue weighted by atomic mass is 10.00. The van der Waals surface area contributed by atoms with Gasteiger partial charge in [0.25, 0.3) is 0 Å². The second kappa shape index (κ2) is 9.19. The molecule has 1 saturated heterocycles. The highest BCUT2D eigenvalue weighted by atomic mass is 32.1. The fourth-order valence-electron chi connectivity index (χ4n) is 4.59. The third-order valence-electron chi connectivity index (χ3n) is 6.20. The highest BCUT2D eigenvalue weighted by molar-refractivity contribution is 7.80. The number of hydrogen-bond donors (Lipinski definition) is 1. The molecule has 0 unspecified atom stereocenters. The number of para-hydroxylation sites is 1. The van der Waals surface area contributed by atoms with Gasteiger partial charge in [-0.25, -0.2) is 0 Å². The molecule has 0 saturated carbocycles. The summed E-state index contributed by atoms with van der Waals surface area (Å²) in [5, 5.41) is 4.13. The van der Waals surface area contributed by atoms with Gasteiger partial charge in [0.15, 0.2) is 5.11 Å². The van der Waals surface area contributed by atoms with Gasteiger partial charge in [-0.15, -0.1) is 0 Å². The van der Waals surface area contributed by atoms with Crippen LogP contribution in [-0.4, -0.2) is 28.9 Å². The lowest BCUT2D eigenvalue weighted by Gasteiger charge is -2.30. The number of aryl methyl sites for hydroxylation is 1. The van der Waals surface area contributed by atoms with E-state index in [1.165, 1.54) is 5.56 Å². The Bertz CT molecular complexity index is 1320. The van der Waals surface area contributed by atoms with Crippen molar-refractivity contribution in [1.29, 1.82) is 0 Å². The summed E-state index contributed by atoms with van der Waals surface area (Å²) in [6.07, 6.45) is 3.90. The molecule has 172 valence electrons. The zero-order valence-electron chi connectivity index (χ0n) is 19.3. The smallest absolute Gasteiger partial charge is 0.174 e. The summed E-state index contributed by atoms with van der Waals surface area (Å²) in [4.78, 5) is 6.78. The molecule has 2 aromatic heterocycles. The fourth-order valence-corrected chi connectivity index (χ4v) is 4.93. The molecule has 1 fully saturated rings. The zero-order valence-corrected chi connectivity index (χ0v) is 20.1. The maximum absolute atomic E-state index is 5.90. The first-order valence-corrected chi connectivity index (χ1v) is 11.5. The van der Waals surface area contributed by atoms with Gasteiger partial charge in [-0.3, -0.25) is 4.98 Å². The van der Waals surface area contributed by atoms with Gasteiger partial charge in [0.05, 0.1) is 31.6 Å². The van der Waals surface area contributed by atoms with Crippen LogP contribution in [0.4, 0.5) is 5.69 Å². The summed E-state index contributed by atoms with van der Waals surface area (Å²) in [6, 6.07) is 23.9. The first-order valence-electron chi connectivity index (χ1n) is 11.1. The Morgan fingerprint density at radius 1 is 0.912 bits per heavy atom. The molecule has 5 rings (SSSR count). The van der Waals surface area contributed by atoms with Crippen LogP contribution in [0.1, 0.15) is 29.0 Å². The Labute approximate surface area is 204 Å². The van der Waals surface area contributed by atoms with E-state index in [9.17, 15) is 0 Å². The Morgan fingerprint density at radius 3 is 2.47 bits per heavy atom. The van der Waals surface area contributed by atoms with Crippen LogP contribution in [0.5, 0.6) is 11.5 Å². The molecule has 2 atom stereocenters. The van der Waals surface area contributed by atoms with Gasteiger partial charge in [0, 0.05) is 29.8 Å². The molecule has 0 amide bonds. The van der Waals surface area contributed by atoms with Crippen molar-refractivity contribution in [3.8, 4) is 17.2 Å². The van der Waals surface area contributed by atoms with Gasteiger partial charge < -0.3 is 24.3 Å². The highest BCUT2D eigenvalue weighted by Crippen LogP contribution is 2.46. The minimum absolute atomic E-state index is 0.165. The third kappa shape index (κ3) is 3.78. The van der Waals surface area contributed by atoms with Crippen LogP contribution in [0.3, 0.4) is 0 Å². The minimum Gasteiger partial charge on any atom is -0.497 e. The number of rotatable bonds is 6. The quantitative estimate of drug-likeness (QED) is 0.382. The maximum atomic E-state index is 5.90. The van der Waals surface area contributed by atoms with Gasteiger partial charge in [0.2, 0.25) is 0 Å². The maximum Gasteiger partial charge on any atom is 0.174 e. The highest BCUT2D eigenvalue weighted by Gasteiger charge is 2.43. The first kappa shape index (κ1) is 22.0. The predicted molar refractivity (Wildman–Crippen MR) is 138 cm³/mol. The number of nitrogens with one attached hydrogen (secondary N) is 1. The Hall–Kier alpha value is -3.84. The van der Waals surface area contributed by atoms with Crippen LogP contribution in [0, 0.1) is 6.92 Å². The molecule has 0 spiro atoms. The molecule has 1 aliphatic rings. The van der Waals surface area contributed by atoms with Crippen LogP contribution in [-0.2, 0) is 0 Å². The minimum atomic E-state index is -0.182. The van der Waals surface area contributed by atoms with Crippen LogP contribution < -0.4 is 19.7 Å². The summed E-state index contributed by atoms with van der Waals surface area (Å²) < 4.78 is 13.5. The topological polar surface area (TPSA) is 51.6 Å². The summed E-state index contributed by atoms with van der Waals surface area (Å²) >= 11 is 5.90. The molecule has 34 heavy (non-hydrogen) atoms. The van der Waals surface area contributed by atoms with Gasteiger partial charge in [-0.05, 0) is 67.2 Å². The normalized spacial score (nSPS) is 17.5. The number of benzene rings is 2. The molecule has 0 bridgehead atoms. The van der Waals surface area contributed by atoms with Crippen molar-refractivity contribution in [2.45, 2.75) is 19.0 Å². The summed E-state index contributed by atoms with van der Waals surface area (Å²) in [6.45, 7) is 2.12. The van der Waals surface area contributed by atoms with Crippen LogP contribution in [0.2, 0.25) is 0 Å².